The lowest BCUT2D eigenvalue weighted by molar-refractivity contribution is 0.366. The summed E-state index contributed by atoms with van der Waals surface area (Å²) in [5.41, 5.74) is 0. The maximum Gasteiger partial charge on any atom is 0.243 e. The van der Waals surface area contributed by atoms with Gasteiger partial charge in [0, 0.05) is 0 Å². The van der Waals surface area contributed by atoms with Gasteiger partial charge >= 0.3 is 0 Å². The monoisotopic (exact) mass is 250 g/mol. The number of benzene rings is 1. The Kier molecular flexibility index (Phi) is 3.90. The zero-order chi connectivity index (χ0) is 10.6. The van der Waals surface area contributed by atoms with Crippen LogP contribution in [0.3, 0.4) is 0 Å². The third-order valence-corrected chi connectivity index (χ3v) is 3.32. The largest absolute Gasteiger partial charge is 0.726 e. The van der Waals surface area contributed by atoms with Crippen molar-refractivity contribution in [2.75, 3.05) is 0 Å². The van der Waals surface area contributed by atoms with Gasteiger partial charge in [-0.1, -0.05) is 12.1 Å². The highest BCUT2D eigenvalue weighted by Gasteiger charge is 2.01. The fourth-order valence-corrected chi connectivity index (χ4v) is 2.77. The van der Waals surface area contributed by atoms with E-state index in [0.717, 1.165) is 0 Å². The highest BCUT2D eigenvalue weighted by atomic mass is 32.3. The summed E-state index contributed by atoms with van der Waals surface area (Å²) in [6.45, 7) is 0. The lowest BCUT2D eigenvalue weighted by Gasteiger charge is -1.88. The van der Waals surface area contributed by atoms with Crippen molar-refractivity contribution in [3.63, 3.8) is 0 Å². The van der Waals surface area contributed by atoms with Gasteiger partial charge in [-0.15, -0.1) is 0 Å². The zero-order valence-electron chi connectivity index (χ0n) is 6.78. The van der Waals surface area contributed by atoms with Gasteiger partial charge in [-0.2, -0.15) is 0 Å². The molecule has 0 atom stereocenters. The maximum absolute atomic E-state index is 8.63. The highest BCUT2D eigenvalue weighted by Crippen LogP contribution is 2.24. The first-order chi connectivity index (χ1) is 6.47. The summed E-state index contributed by atoms with van der Waals surface area (Å²) in [5.74, 6) is 0. The topological polar surface area (TPSA) is 77.4 Å². The van der Waals surface area contributed by atoms with E-state index in [0.29, 0.717) is 0 Å². The smallest absolute Gasteiger partial charge is 0.243 e. The summed E-state index contributed by atoms with van der Waals surface area (Å²) in [4.78, 5) is 0. The van der Waals surface area contributed by atoms with Crippen LogP contribution in [0.2, 0.25) is 0 Å². The predicted molar refractivity (Wildman–Crippen MR) is 56.4 cm³/mol. The summed E-state index contributed by atoms with van der Waals surface area (Å²) < 4.78 is 37.8. The molecule has 0 bridgehead atoms. The Labute approximate surface area is 89.0 Å². The van der Waals surface area contributed by atoms with Crippen molar-refractivity contribution in [2.24, 2.45) is 0 Å². The van der Waals surface area contributed by atoms with Crippen molar-refractivity contribution in [3.8, 4) is 0 Å². The summed E-state index contributed by atoms with van der Waals surface area (Å²) in [7, 11) is -4.92. The molecule has 76 valence electrons. The van der Waals surface area contributed by atoms with Crippen LogP contribution in [-0.2, 0) is 10.4 Å². The molecule has 0 aliphatic rings. The minimum atomic E-state index is -4.92. The molecule has 0 saturated carbocycles. The first-order valence-electron chi connectivity index (χ1n) is 3.39. The van der Waals surface area contributed by atoms with Crippen molar-refractivity contribution in [1.29, 1.82) is 0 Å². The van der Waals surface area contributed by atoms with Crippen LogP contribution in [0.15, 0.2) is 29.0 Å². The van der Waals surface area contributed by atoms with Gasteiger partial charge in [-0.05, 0) is 12.1 Å². The number of rotatable bonds is 0. The van der Waals surface area contributed by atoms with Gasteiger partial charge < -0.3 is 4.55 Å². The third-order valence-electron chi connectivity index (χ3n) is 1.20. The summed E-state index contributed by atoms with van der Waals surface area (Å²) in [5, 5.41) is 0. The van der Waals surface area contributed by atoms with Gasteiger partial charge in [-0.3, -0.25) is 4.55 Å². The standard InChI is InChI=1S/C7H5S2.H2O4S/c1-2-4-7-6(3-1)8-5-9-7;1-5(2,3)4/h1-5H;(H2,1,2,3,4)/q+1;/p-1. The Morgan fingerprint density at radius 1 is 1.36 bits per heavy atom. The molecule has 0 radical (unpaired) electrons. The normalized spacial score (nSPS) is 10.7. The average Bonchev–Trinajstić information content (AvgIpc) is 2.47. The highest BCUT2D eigenvalue weighted by molar-refractivity contribution is 7.79. The third kappa shape index (κ3) is 4.58. The molecule has 14 heavy (non-hydrogen) atoms. The molecule has 0 unspecified atom stereocenters. The van der Waals surface area contributed by atoms with E-state index in [1.54, 1.807) is 22.7 Å². The number of hydrogen-bond donors (Lipinski definition) is 1. The molecule has 4 nitrogen and oxygen atoms in total. The first kappa shape index (κ1) is 11.5. The molecule has 0 fully saturated rings. The van der Waals surface area contributed by atoms with Crippen molar-refractivity contribution in [1.82, 2.24) is 0 Å². The molecule has 1 aromatic carbocycles. The van der Waals surface area contributed by atoms with E-state index in [1.807, 2.05) is 0 Å². The van der Waals surface area contributed by atoms with Crippen LogP contribution < -0.4 is 0 Å². The maximum atomic E-state index is 8.63. The second-order valence-electron chi connectivity index (χ2n) is 2.21. The van der Waals surface area contributed by atoms with E-state index in [-0.39, 0.29) is 0 Å². The van der Waals surface area contributed by atoms with Crippen molar-refractivity contribution in [2.45, 2.75) is 0 Å². The van der Waals surface area contributed by atoms with Gasteiger partial charge in [0.15, 0.2) is 9.40 Å². The molecular formula is C7H6O4S3. The van der Waals surface area contributed by atoms with Crippen LogP contribution in [-0.4, -0.2) is 17.5 Å². The predicted octanol–water partition coefficient (Wildman–Crippen LogP) is 2.25. The lowest BCUT2D eigenvalue weighted by Crippen LogP contribution is -1.90. The van der Waals surface area contributed by atoms with E-state index < -0.39 is 10.4 Å². The molecule has 1 N–H and O–H groups in total. The molecule has 0 aliphatic heterocycles. The second kappa shape index (κ2) is 4.76. The molecule has 7 heteroatoms. The van der Waals surface area contributed by atoms with E-state index >= 15 is 0 Å². The van der Waals surface area contributed by atoms with E-state index in [4.69, 9.17) is 17.5 Å². The first-order valence-corrected chi connectivity index (χ1v) is 6.51. The van der Waals surface area contributed by atoms with Crippen LogP contribution in [0, 0.1) is 0 Å². The fraction of sp³-hybridized carbons (Fsp3) is 0. The van der Waals surface area contributed by atoms with Gasteiger partial charge in [0.1, 0.15) is 0 Å². The van der Waals surface area contributed by atoms with Crippen molar-refractivity contribution >= 4 is 42.5 Å². The summed E-state index contributed by atoms with van der Waals surface area (Å²) in [6, 6.07) is 8.45. The second-order valence-corrected chi connectivity index (χ2v) is 5.18. The van der Waals surface area contributed by atoms with Crippen LogP contribution in [0.25, 0.3) is 9.40 Å². The van der Waals surface area contributed by atoms with Crippen LogP contribution in [0.1, 0.15) is 0 Å². The molecule has 0 spiro atoms. The van der Waals surface area contributed by atoms with Crippen molar-refractivity contribution < 1.29 is 17.5 Å². The molecule has 1 aromatic heterocycles. The molecule has 0 aliphatic carbocycles. The lowest BCUT2D eigenvalue weighted by atomic mass is 10.4. The number of hydrogen-bond acceptors (Lipinski definition) is 4. The quantitative estimate of drug-likeness (QED) is 0.442. The minimum absolute atomic E-state index is 1.39. The van der Waals surface area contributed by atoms with Gasteiger partial charge in [-0.25, -0.2) is 8.42 Å². The summed E-state index contributed by atoms with van der Waals surface area (Å²) >= 11 is 3.61. The molecule has 2 aromatic rings. The number of fused-ring (bicyclic) bond motifs is 1. The van der Waals surface area contributed by atoms with E-state index in [1.165, 1.54) is 9.40 Å². The Hall–Kier alpha value is -0.600. The molecule has 0 amide bonds. The van der Waals surface area contributed by atoms with E-state index in [9.17, 15) is 0 Å². The van der Waals surface area contributed by atoms with E-state index in [2.05, 4.69) is 29.0 Å². The van der Waals surface area contributed by atoms with Gasteiger partial charge in [0.05, 0.1) is 22.7 Å². The molecule has 1 heterocycles. The molecule has 2 rings (SSSR count). The minimum Gasteiger partial charge on any atom is -0.726 e. The Bertz CT molecular complexity index is 464. The fourth-order valence-electron chi connectivity index (χ4n) is 0.773. The SMILES string of the molecule is O=S(=O)([O-])O.c1ccc2[s+]csc2c1. The van der Waals surface area contributed by atoms with Crippen LogP contribution in [0.4, 0.5) is 0 Å². The van der Waals surface area contributed by atoms with Gasteiger partial charge in [0.25, 0.3) is 0 Å². The van der Waals surface area contributed by atoms with Crippen LogP contribution in [0.5, 0.6) is 0 Å². The average molecular weight is 250 g/mol. The van der Waals surface area contributed by atoms with Crippen LogP contribution >= 0.6 is 22.7 Å². The van der Waals surface area contributed by atoms with Crippen molar-refractivity contribution in [3.05, 3.63) is 29.0 Å². The Morgan fingerprint density at radius 3 is 2.50 bits per heavy atom. The van der Waals surface area contributed by atoms with Gasteiger partial charge in [0.2, 0.25) is 15.1 Å². The molecule has 0 saturated heterocycles. The molecular weight excluding hydrogens is 244 g/mol. The zero-order valence-corrected chi connectivity index (χ0v) is 9.23. The Balaban J connectivity index is 0.000000171. The summed E-state index contributed by atoms with van der Waals surface area (Å²) in [6.07, 6.45) is 0. The Morgan fingerprint density at radius 2 is 1.93 bits per heavy atom.